The van der Waals surface area contributed by atoms with Gasteiger partial charge in [0.25, 0.3) is 0 Å². The maximum absolute atomic E-state index is 9.78. The van der Waals surface area contributed by atoms with Crippen molar-refractivity contribution < 1.29 is 5.11 Å². The largest absolute Gasteiger partial charge is 0.507 e. The normalized spacial score (nSPS) is 11.1. The van der Waals surface area contributed by atoms with E-state index in [0.29, 0.717) is 16.2 Å². The molecule has 3 rings (SSSR count). The van der Waals surface area contributed by atoms with Crippen LogP contribution in [0, 0.1) is 11.7 Å². The number of phenolic OH excluding ortho intramolecular Hbond substituents is 1. The molecule has 0 saturated heterocycles. The molecule has 0 aliphatic rings. The number of benzene rings is 2. The van der Waals surface area contributed by atoms with Gasteiger partial charge in [-0.25, -0.2) is 5.10 Å². The maximum Gasteiger partial charge on any atom is 0.216 e. The first-order chi connectivity index (χ1) is 10.6. The Labute approximate surface area is 132 Å². The Kier molecular flexibility index (Phi) is 3.84. The van der Waals surface area contributed by atoms with Crippen LogP contribution < -0.4 is 0 Å². The first-order valence-electron chi connectivity index (χ1n) is 6.72. The number of aryl methyl sites for hydroxylation is 1. The van der Waals surface area contributed by atoms with Crippen LogP contribution in [0.5, 0.6) is 5.75 Å². The van der Waals surface area contributed by atoms with E-state index in [9.17, 15) is 5.11 Å². The van der Waals surface area contributed by atoms with Crippen LogP contribution in [0.2, 0.25) is 0 Å². The topological polar surface area (TPSA) is 66.2 Å². The third kappa shape index (κ3) is 2.82. The number of aromatic hydroxyl groups is 1. The van der Waals surface area contributed by atoms with E-state index in [1.165, 1.54) is 10.2 Å². The summed E-state index contributed by atoms with van der Waals surface area (Å²) in [5.74, 6) is 0.787. The van der Waals surface area contributed by atoms with Gasteiger partial charge in [-0.15, -0.1) is 0 Å². The zero-order chi connectivity index (χ0) is 15.5. The lowest BCUT2D eigenvalue weighted by atomic mass is 10.1. The second-order valence-electron chi connectivity index (χ2n) is 4.83. The Bertz CT molecular complexity index is 878. The summed E-state index contributed by atoms with van der Waals surface area (Å²) in [6.45, 7) is 2.03. The number of hydrogen-bond acceptors (Lipinski definition) is 4. The molecule has 0 aliphatic heterocycles. The smallest absolute Gasteiger partial charge is 0.216 e. The summed E-state index contributed by atoms with van der Waals surface area (Å²) in [7, 11) is 0. The van der Waals surface area contributed by atoms with Crippen molar-refractivity contribution in [1.82, 2.24) is 14.9 Å². The molecule has 1 aromatic heterocycles. The molecule has 1 heterocycles. The fourth-order valence-corrected chi connectivity index (χ4v) is 2.18. The molecule has 0 bridgehead atoms. The SMILES string of the molecule is Cc1ccc(-c2n[nH]c(=S)n2/N=C/c2ccccc2O)cc1. The van der Waals surface area contributed by atoms with Crippen molar-refractivity contribution in [3.63, 3.8) is 0 Å². The van der Waals surface area contributed by atoms with Crippen molar-refractivity contribution in [3.8, 4) is 17.1 Å². The minimum Gasteiger partial charge on any atom is -0.507 e. The molecular weight excluding hydrogens is 296 g/mol. The summed E-state index contributed by atoms with van der Waals surface area (Å²) in [6.07, 6.45) is 1.55. The number of hydrogen-bond donors (Lipinski definition) is 2. The number of phenols is 1. The van der Waals surface area contributed by atoms with Gasteiger partial charge < -0.3 is 5.11 Å². The molecule has 0 amide bonds. The predicted molar refractivity (Wildman–Crippen MR) is 88.7 cm³/mol. The molecule has 0 atom stereocenters. The van der Waals surface area contributed by atoms with E-state index in [-0.39, 0.29) is 5.75 Å². The van der Waals surface area contributed by atoms with Crippen molar-refractivity contribution in [2.75, 3.05) is 0 Å². The quantitative estimate of drug-likeness (QED) is 0.575. The Morgan fingerprint density at radius 3 is 2.64 bits per heavy atom. The molecule has 110 valence electrons. The second-order valence-corrected chi connectivity index (χ2v) is 5.22. The average molecular weight is 310 g/mol. The Morgan fingerprint density at radius 1 is 1.18 bits per heavy atom. The summed E-state index contributed by atoms with van der Waals surface area (Å²) in [5.41, 5.74) is 2.69. The summed E-state index contributed by atoms with van der Waals surface area (Å²) < 4.78 is 1.93. The molecule has 0 saturated carbocycles. The number of aromatic nitrogens is 3. The van der Waals surface area contributed by atoms with Crippen LogP contribution in [-0.4, -0.2) is 26.2 Å². The van der Waals surface area contributed by atoms with Crippen molar-refractivity contribution in [1.29, 1.82) is 0 Å². The standard InChI is InChI=1S/C16H14N4OS/c1-11-6-8-12(9-7-11)15-18-19-16(22)20(15)17-10-13-4-2-3-5-14(13)21/h2-10,21H,1H3,(H,19,22)/b17-10+. The third-order valence-corrected chi connectivity index (χ3v) is 3.47. The molecule has 22 heavy (non-hydrogen) atoms. The van der Waals surface area contributed by atoms with Crippen LogP contribution >= 0.6 is 12.2 Å². The van der Waals surface area contributed by atoms with E-state index in [0.717, 1.165) is 5.56 Å². The highest BCUT2D eigenvalue weighted by Gasteiger charge is 2.07. The van der Waals surface area contributed by atoms with Crippen LogP contribution in [0.4, 0.5) is 0 Å². The van der Waals surface area contributed by atoms with Crippen molar-refractivity contribution in [3.05, 3.63) is 64.4 Å². The molecule has 2 aromatic carbocycles. The number of H-pyrrole nitrogens is 1. The number of nitrogens with zero attached hydrogens (tertiary/aromatic N) is 3. The highest BCUT2D eigenvalue weighted by molar-refractivity contribution is 7.71. The Hall–Kier alpha value is -2.73. The van der Waals surface area contributed by atoms with E-state index in [2.05, 4.69) is 15.3 Å². The molecular formula is C16H14N4OS. The molecule has 5 nitrogen and oxygen atoms in total. The van der Waals surface area contributed by atoms with E-state index in [1.807, 2.05) is 37.3 Å². The van der Waals surface area contributed by atoms with Crippen molar-refractivity contribution in [2.45, 2.75) is 6.92 Å². The second kappa shape index (κ2) is 5.95. The Balaban J connectivity index is 2.01. The van der Waals surface area contributed by atoms with Crippen LogP contribution in [0.25, 0.3) is 11.4 Å². The molecule has 2 N–H and O–H groups in total. The third-order valence-electron chi connectivity index (χ3n) is 3.21. The van der Waals surface area contributed by atoms with Crippen LogP contribution in [0.3, 0.4) is 0 Å². The summed E-state index contributed by atoms with van der Waals surface area (Å²) in [6, 6.07) is 14.9. The van der Waals surface area contributed by atoms with Gasteiger partial charge in [0.1, 0.15) is 5.75 Å². The average Bonchev–Trinajstić information content (AvgIpc) is 2.88. The van der Waals surface area contributed by atoms with Gasteiger partial charge in [0.2, 0.25) is 4.77 Å². The van der Waals surface area contributed by atoms with Crippen LogP contribution in [-0.2, 0) is 0 Å². The first kappa shape index (κ1) is 14.2. The highest BCUT2D eigenvalue weighted by Crippen LogP contribution is 2.18. The number of para-hydroxylation sites is 1. The molecule has 3 aromatic rings. The van der Waals surface area contributed by atoms with E-state index in [4.69, 9.17) is 12.2 Å². The summed E-state index contributed by atoms with van der Waals surface area (Å²) in [5, 5.41) is 21.1. The van der Waals surface area contributed by atoms with Crippen LogP contribution in [0.15, 0.2) is 53.6 Å². The molecule has 6 heteroatoms. The maximum atomic E-state index is 9.78. The van der Waals surface area contributed by atoms with Gasteiger partial charge in [0.15, 0.2) is 5.82 Å². The van der Waals surface area contributed by atoms with E-state index >= 15 is 0 Å². The molecule has 0 aliphatic carbocycles. The van der Waals surface area contributed by atoms with Gasteiger partial charge in [0.05, 0.1) is 6.21 Å². The summed E-state index contributed by atoms with van der Waals surface area (Å²) >= 11 is 5.22. The monoisotopic (exact) mass is 310 g/mol. The van der Waals surface area contributed by atoms with Crippen LogP contribution in [0.1, 0.15) is 11.1 Å². The summed E-state index contributed by atoms with van der Waals surface area (Å²) in [4.78, 5) is 0. The number of aromatic amines is 1. The Morgan fingerprint density at radius 2 is 1.91 bits per heavy atom. The predicted octanol–water partition coefficient (Wildman–Crippen LogP) is 3.50. The fraction of sp³-hybridized carbons (Fsp3) is 0.0625. The number of nitrogens with one attached hydrogen (secondary N) is 1. The van der Waals surface area contributed by atoms with Crippen molar-refractivity contribution in [2.24, 2.45) is 5.10 Å². The lowest BCUT2D eigenvalue weighted by Gasteiger charge is -2.02. The fourth-order valence-electron chi connectivity index (χ4n) is 2.00. The lowest BCUT2D eigenvalue weighted by Crippen LogP contribution is -1.95. The highest BCUT2D eigenvalue weighted by atomic mass is 32.1. The van der Waals surface area contributed by atoms with Crippen molar-refractivity contribution >= 4 is 18.4 Å². The zero-order valence-corrected chi connectivity index (χ0v) is 12.7. The van der Waals surface area contributed by atoms with Gasteiger partial charge >= 0.3 is 0 Å². The molecule has 0 spiro atoms. The lowest BCUT2D eigenvalue weighted by molar-refractivity contribution is 0.474. The minimum atomic E-state index is 0.165. The minimum absolute atomic E-state index is 0.165. The van der Waals surface area contributed by atoms with E-state index in [1.54, 1.807) is 24.4 Å². The van der Waals surface area contributed by atoms with E-state index < -0.39 is 0 Å². The van der Waals surface area contributed by atoms with Gasteiger partial charge in [0, 0.05) is 11.1 Å². The molecule has 0 fully saturated rings. The zero-order valence-electron chi connectivity index (χ0n) is 11.9. The molecule has 0 unspecified atom stereocenters. The number of rotatable bonds is 3. The van der Waals surface area contributed by atoms with Gasteiger partial charge in [-0.3, -0.25) is 0 Å². The first-order valence-corrected chi connectivity index (χ1v) is 7.13. The molecule has 0 radical (unpaired) electrons. The van der Waals surface area contributed by atoms with Gasteiger partial charge in [-0.2, -0.15) is 14.9 Å². The van der Waals surface area contributed by atoms with Gasteiger partial charge in [-0.1, -0.05) is 42.0 Å². The van der Waals surface area contributed by atoms with Gasteiger partial charge in [-0.05, 0) is 31.3 Å².